The highest BCUT2D eigenvalue weighted by atomic mass is 16.4. The molecule has 1 saturated heterocycles. The molecule has 1 aliphatic carbocycles. The topological polar surface area (TPSA) is 110 Å². The van der Waals surface area contributed by atoms with E-state index in [0.29, 0.717) is 19.0 Å². The molecule has 1 heterocycles. The van der Waals surface area contributed by atoms with Gasteiger partial charge in [-0.1, -0.05) is 0 Å². The summed E-state index contributed by atoms with van der Waals surface area (Å²) in [5, 5.41) is 29.9. The van der Waals surface area contributed by atoms with E-state index in [9.17, 15) is 14.7 Å². The second-order valence-corrected chi connectivity index (χ2v) is 5.33. The van der Waals surface area contributed by atoms with Crippen LogP contribution in [0.25, 0.3) is 0 Å². The van der Waals surface area contributed by atoms with Crippen LogP contribution in [0.2, 0.25) is 0 Å². The summed E-state index contributed by atoms with van der Waals surface area (Å²) in [6.45, 7) is 0.753. The number of likely N-dealkylation sites (tertiary alicyclic amines) is 1. The Morgan fingerprint density at radius 2 is 2.05 bits per heavy atom. The highest BCUT2D eigenvalue weighted by Gasteiger charge is 2.43. The summed E-state index contributed by atoms with van der Waals surface area (Å²) in [4.78, 5) is 24.4. The van der Waals surface area contributed by atoms with Gasteiger partial charge < -0.3 is 25.5 Å². The highest BCUT2D eigenvalue weighted by molar-refractivity contribution is 5.82. The van der Waals surface area contributed by atoms with E-state index >= 15 is 0 Å². The second-order valence-electron chi connectivity index (χ2n) is 5.33. The predicted molar refractivity (Wildman–Crippen MR) is 65.5 cm³/mol. The minimum Gasteiger partial charge on any atom is -0.480 e. The van der Waals surface area contributed by atoms with Crippen LogP contribution in [0.3, 0.4) is 0 Å². The Morgan fingerprint density at radius 1 is 1.32 bits per heavy atom. The summed E-state index contributed by atoms with van der Waals surface area (Å²) < 4.78 is 0. The molecule has 0 aromatic carbocycles. The van der Waals surface area contributed by atoms with Crippen molar-refractivity contribution in [3.05, 3.63) is 0 Å². The Balaban J connectivity index is 1.89. The zero-order chi connectivity index (χ0) is 14.0. The summed E-state index contributed by atoms with van der Waals surface area (Å²) in [6.07, 6.45) is 1.34. The molecule has 0 aromatic rings. The highest BCUT2D eigenvalue weighted by Crippen LogP contribution is 2.37. The molecule has 2 amide bonds. The third-order valence-corrected chi connectivity index (χ3v) is 4.12. The average molecular weight is 272 g/mol. The summed E-state index contributed by atoms with van der Waals surface area (Å²) in [5.74, 6) is -0.712. The van der Waals surface area contributed by atoms with Gasteiger partial charge in [0, 0.05) is 32.0 Å². The molecule has 108 valence electrons. The molecule has 0 aromatic heterocycles. The van der Waals surface area contributed by atoms with Gasteiger partial charge in [-0.3, -0.25) is 0 Å². The molecule has 2 rings (SSSR count). The molecule has 4 N–H and O–H groups in total. The van der Waals surface area contributed by atoms with E-state index in [4.69, 9.17) is 10.2 Å². The standard InChI is InChI=1S/C12H20N2O5/c15-4-3-9(11(17)18)13-12(19)14-5-7-1-2-10(16)8(7)6-14/h7-10,15-16H,1-6H2,(H,13,19)(H,17,18)/t7?,8?,9-,10?/m1/s1. The zero-order valence-electron chi connectivity index (χ0n) is 10.7. The SMILES string of the molecule is O=C(O)[C@@H](CCO)NC(=O)N1CC2CCC(O)C2C1. The number of aliphatic carboxylic acids is 1. The predicted octanol–water partition coefficient (Wildman–Crippen LogP) is -0.766. The first-order valence-corrected chi connectivity index (χ1v) is 6.60. The Morgan fingerprint density at radius 3 is 2.63 bits per heavy atom. The van der Waals surface area contributed by atoms with Gasteiger partial charge in [0.05, 0.1) is 6.10 Å². The van der Waals surface area contributed by atoms with E-state index in [1.54, 1.807) is 4.90 Å². The minimum absolute atomic E-state index is 0.00953. The van der Waals surface area contributed by atoms with Gasteiger partial charge >= 0.3 is 12.0 Å². The van der Waals surface area contributed by atoms with Gasteiger partial charge in [-0.2, -0.15) is 0 Å². The number of rotatable bonds is 4. The number of nitrogens with one attached hydrogen (secondary N) is 1. The number of amides is 2. The lowest BCUT2D eigenvalue weighted by Crippen LogP contribution is -2.48. The van der Waals surface area contributed by atoms with Crippen LogP contribution in [0.15, 0.2) is 0 Å². The van der Waals surface area contributed by atoms with Crippen molar-refractivity contribution in [2.75, 3.05) is 19.7 Å². The first-order valence-electron chi connectivity index (χ1n) is 6.60. The third-order valence-electron chi connectivity index (χ3n) is 4.12. The fraction of sp³-hybridized carbons (Fsp3) is 0.833. The van der Waals surface area contributed by atoms with Gasteiger partial charge in [-0.15, -0.1) is 0 Å². The van der Waals surface area contributed by atoms with Crippen molar-refractivity contribution in [3.8, 4) is 0 Å². The molecule has 2 fully saturated rings. The largest absolute Gasteiger partial charge is 0.480 e. The Kier molecular flexibility index (Phi) is 4.26. The fourth-order valence-corrected chi connectivity index (χ4v) is 3.03. The monoisotopic (exact) mass is 272 g/mol. The number of aliphatic hydroxyl groups excluding tert-OH is 2. The Hall–Kier alpha value is -1.34. The molecule has 2 aliphatic rings. The van der Waals surface area contributed by atoms with Crippen LogP contribution >= 0.6 is 0 Å². The molecule has 0 bridgehead atoms. The fourth-order valence-electron chi connectivity index (χ4n) is 3.03. The third kappa shape index (κ3) is 2.98. The zero-order valence-corrected chi connectivity index (χ0v) is 10.7. The average Bonchev–Trinajstić information content (AvgIpc) is 2.91. The number of carbonyl (C=O) groups is 2. The van der Waals surface area contributed by atoms with Gasteiger partial charge in [0.1, 0.15) is 6.04 Å². The Labute approximate surface area is 111 Å². The summed E-state index contributed by atoms with van der Waals surface area (Å²) >= 11 is 0. The normalized spacial score (nSPS) is 31.1. The van der Waals surface area contributed by atoms with Crippen molar-refractivity contribution in [3.63, 3.8) is 0 Å². The van der Waals surface area contributed by atoms with Gasteiger partial charge in [0.15, 0.2) is 0 Å². The van der Waals surface area contributed by atoms with Crippen molar-refractivity contribution >= 4 is 12.0 Å². The maximum Gasteiger partial charge on any atom is 0.326 e. The van der Waals surface area contributed by atoms with Gasteiger partial charge in [-0.05, 0) is 18.8 Å². The molecule has 3 unspecified atom stereocenters. The number of carboxylic acids is 1. The van der Waals surface area contributed by atoms with Crippen molar-refractivity contribution < 1.29 is 24.9 Å². The van der Waals surface area contributed by atoms with Crippen LogP contribution < -0.4 is 5.32 Å². The van der Waals surface area contributed by atoms with E-state index in [0.717, 1.165) is 12.8 Å². The first-order chi connectivity index (χ1) is 9.02. The van der Waals surface area contributed by atoms with Crippen LogP contribution in [-0.2, 0) is 4.79 Å². The van der Waals surface area contributed by atoms with Crippen molar-refractivity contribution in [1.82, 2.24) is 10.2 Å². The molecular weight excluding hydrogens is 252 g/mol. The van der Waals surface area contributed by atoms with Gasteiger partial charge in [0.2, 0.25) is 0 Å². The van der Waals surface area contributed by atoms with Gasteiger partial charge in [0.25, 0.3) is 0 Å². The van der Waals surface area contributed by atoms with E-state index < -0.39 is 18.0 Å². The van der Waals surface area contributed by atoms with Crippen LogP contribution in [0.4, 0.5) is 4.79 Å². The molecule has 19 heavy (non-hydrogen) atoms. The van der Waals surface area contributed by atoms with E-state index in [1.807, 2.05) is 0 Å². The number of urea groups is 1. The number of carboxylic acid groups (broad SMARTS) is 1. The van der Waals surface area contributed by atoms with E-state index in [2.05, 4.69) is 5.32 Å². The lowest BCUT2D eigenvalue weighted by atomic mass is 10.00. The van der Waals surface area contributed by atoms with Crippen molar-refractivity contribution in [2.45, 2.75) is 31.4 Å². The number of fused-ring (bicyclic) bond motifs is 1. The second kappa shape index (κ2) is 5.75. The molecule has 1 aliphatic heterocycles. The maximum atomic E-state index is 12.0. The lowest BCUT2D eigenvalue weighted by molar-refractivity contribution is -0.139. The lowest BCUT2D eigenvalue weighted by Gasteiger charge is -2.21. The molecule has 7 heteroatoms. The number of hydrogen-bond donors (Lipinski definition) is 4. The van der Waals surface area contributed by atoms with Crippen LogP contribution in [-0.4, -0.2) is 64.1 Å². The first kappa shape index (κ1) is 14.1. The molecule has 0 spiro atoms. The van der Waals surface area contributed by atoms with Gasteiger partial charge in [-0.25, -0.2) is 9.59 Å². The van der Waals surface area contributed by atoms with E-state index in [1.165, 1.54) is 0 Å². The molecule has 4 atom stereocenters. The molecular formula is C12H20N2O5. The summed E-state index contributed by atoms with van der Waals surface area (Å²) in [5.41, 5.74) is 0. The number of aliphatic hydroxyl groups is 2. The molecule has 0 radical (unpaired) electrons. The molecule has 1 saturated carbocycles. The molecule has 7 nitrogen and oxygen atoms in total. The maximum absolute atomic E-state index is 12.0. The number of hydrogen-bond acceptors (Lipinski definition) is 4. The summed E-state index contributed by atoms with van der Waals surface area (Å²) in [7, 11) is 0. The number of nitrogens with zero attached hydrogens (tertiary/aromatic N) is 1. The minimum atomic E-state index is -1.15. The van der Waals surface area contributed by atoms with E-state index in [-0.39, 0.29) is 25.0 Å². The van der Waals surface area contributed by atoms with Crippen molar-refractivity contribution in [2.24, 2.45) is 11.8 Å². The quantitative estimate of drug-likeness (QED) is 0.537. The smallest absolute Gasteiger partial charge is 0.326 e. The van der Waals surface area contributed by atoms with Crippen molar-refractivity contribution in [1.29, 1.82) is 0 Å². The number of carbonyl (C=O) groups excluding carboxylic acids is 1. The summed E-state index contributed by atoms with van der Waals surface area (Å²) in [6, 6.07) is -1.50. The van der Waals surface area contributed by atoms with Crippen LogP contribution in [0, 0.1) is 11.8 Å². The van der Waals surface area contributed by atoms with Crippen LogP contribution in [0.5, 0.6) is 0 Å². The Bertz CT molecular complexity index is 362. The van der Waals surface area contributed by atoms with Crippen LogP contribution in [0.1, 0.15) is 19.3 Å².